The van der Waals surface area contributed by atoms with E-state index in [0.717, 1.165) is 0 Å². The topological polar surface area (TPSA) is 123 Å². The molecule has 9 nitrogen and oxygen atoms in total. The number of amides is 1. The van der Waals surface area contributed by atoms with Gasteiger partial charge in [0.25, 0.3) is 5.91 Å². The van der Waals surface area contributed by atoms with Crippen molar-refractivity contribution in [2.24, 2.45) is 0 Å². The summed E-state index contributed by atoms with van der Waals surface area (Å²) in [5.74, 6) is 0.661. The lowest BCUT2D eigenvalue weighted by Gasteiger charge is -2.05. The average molecular weight is 327 g/mol. The summed E-state index contributed by atoms with van der Waals surface area (Å²) in [6, 6.07) is 6.42. The van der Waals surface area contributed by atoms with Crippen LogP contribution in [0.5, 0.6) is 5.75 Å². The van der Waals surface area contributed by atoms with Gasteiger partial charge in [0.15, 0.2) is 6.61 Å². The van der Waals surface area contributed by atoms with E-state index in [4.69, 9.17) is 9.26 Å². The third-order valence-corrected chi connectivity index (χ3v) is 2.94. The van der Waals surface area contributed by atoms with Crippen molar-refractivity contribution in [3.63, 3.8) is 0 Å². The number of ether oxygens (including phenoxy) is 1. The summed E-state index contributed by atoms with van der Waals surface area (Å²) in [6.07, 6.45) is 4.62. The van der Waals surface area contributed by atoms with E-state index in [-0.39, 0.29) is 36.3 Å². The van der Waals surface area contributed by atoms with Crippen LogP contribution in [0.4, 0.5) is 0 Å². The second kappa shape index (κ2) is 7.18. The van der Waals surface area contributed by atoms with Gasteiger partial charge in [-0.25, -0.2) is 0 Å². The molecule has 0 bridgehead atoms. The molecule has 0 aliphatic heterocycles. The Morgan fingerprint density at radius 1 is 1.38 bits per heavy atom. The van der Waals surface area contributed by atoms with Gasteiger partial charge in [0.1, 0.15) is 5.75 Å². The monoisotopic (exact) mass is 327 g/mol. The fourth-order valence-electron chi connectivity index (χ4n) is 1.83. The Morgan fingerprint density at radius 3 is 3.08 bits per heavy atom. The largest absolute Gasteiger partial charge is 0.482 e. The van der Waals surface area contributed by atoms with Crippen molar-refractivity contribution in [3.8, 4) is 17.1 Å². The fraction of sp³-hybridized carbons (Fsp3) is 0.133. The van der Waals surface area contributed by atoms with Crippen molar-refractivity contribution >= 4 is 5.91 Å². The molecule has 0 aromatic carbocycles. The molecule has 0 atom stereocenters. The van der Waals surface area contributed by atoms with Crippen LogP contribution in [0.3, 0.4) is 0 Å². The molecule has 9 heteroatoms. The third-order valence-electron chi connectivity index (χ3n) is 2.94. The Kier molecular flexibility index (Phi) is 4.61. The lowest BCUT2D eigenvalue weighted by molar-refractivity contribution is -0.123. The highest BCUT2D eigenvalue weighted by Gasteiger charge is 2.10. The van der Waals surface area contributed by atoms with Gasteiger partial charge >= 0.3 is 0 Å². The summed E-state index contributed by atoms with van der Waals surface area (Å²) in [5, 5.41) is 6.37. The summed E-state index contributed by atoms with van der Waals surface area (Å²) in [5.41, 5.74) is 0.264. The number of hydrogen-bond acceptors (Lipinski definition) is 7. The molecule has 0 unspecified atom stereocenters. The fourth-order valence-corrected chi connectivity index (χ4v) is 1.83. The maximum absolute atomic E-state index is 11.7. The predicted molar refractivity (Wildman–Crippen MR) is 81.9 cm³/mol. The van der Waals surface area contributed by atoms with Gasteiger partial charge < -0.3 is 19.6 Å². The Labute approximate surface area is 135 Å². The molecule has 3 aromatic heterocycles. The molecular formula is C15H13N5O4. The first-order valence-electron chi connectivity index (χ1n) is 7.02. The predicted octanol–water partition coefficient (Wildman–Crippen LogP) is 0.515. The van der Waals surface area contributed by atoms with E-state index in [1.54, 1.807) is 24.4 Å². The first kappa shape index (κ1) is 15.4. The SMILES string of the molecule is O=C(COc1cccnc1)NCc1nc(-c2cc[nH]c(=O)c2)no1. The maximum atomic E-state index is 11.7. The second-order valence-electron chi connectivity index (χ2n) is 4.71. The van der Waals surface area contributed by atoms with E-state index >= 15 is 0 Å². The van der Waals surface area contributed by atoms with E-state index in [1.165, 1.54) is 18.5 Å². The van der Waals surface area contributed by atoms with E-state index in [0.29, 0.717) is 11.3 Å². The number of H-pyrrole nitrogens is 1. The van der Waals surface area contributed by atoms with Gasteiger partial charge in [-0.15, -0.1) is 0 Å². The molecule has 0 saturated heterocycles. The highest BCUT2D eigenvalue weighted by Crippen LogP contribution is 2.12. The molecule has 122 valence electrons. The minimum atomic E-state index is -0.338. The minimum absolute atomic E-state index is 0.0609. The van der Waals surface area contributed by atoms with E-state index in [1.807, 2.05) is 0 Å². The van der Waals surface area contributed by atoms with Crippen LogP contribution in [-0.2, 0) is 11.3 Å². The smallest absolute Gasteiger partial charge is 0.258 e. The van der Waals surface area contributed by atoms with E-state index in [2.05, 4.69) is 25.4 Å². The number of nitrogens with one attached hydrogen (secondary N) is 2. The van der Waals surface area contributed by atoms with Crippen molar-refractivity contribution in [1.82, 2.24) is 25.4 Å². The quantitative estimate of drug-likeness (QED) is 0.676. The number of nitrogens with zero attached hydrogens (tertiary/aromatic N) is 3. The summed E-state index contributed by atoms with van der Waals surface area (Å²) in [4.78, 5) is 33.5. The summed E-state index contributed by atoms with van der Waals surface area (Å²) in [7, 11) is 0. The number of carbonyl (C=O) groups excluding carboxylic acids is 1. The highest BCUT2D eigenvalue weighted by atomic mass is 16.5. The van der Waals surface area contributed by atoms with Crippen LogP contribution in [0, 0.1) is 0 Å². The van der Waals surface area contributed by atoms with Crippen molar-refractivity contribution in [1.29, 1.82) is 0 Å². The molecule has 0 aliphatic rings. The first-order valence-corrected chi connectivity index (χ1v) is 7.02. The molecule has 2 N–H and O–H groups in total. The van der Waals surface area contributed by atoms with Gasteiger partial charge in [-0.1, -0.05) is 5.16 Å². The second-order valence-corrected chi connectivity index (χ2v) is 4.71. The Morgan fingerprint density at radius 2 is 2.29 bits per heavy atom. The zero-order valence-corrected chi connectivity index (χ0v) is 12.4. The number of pyridine rings is 2. The molecule has 3 heterocycles. The normalized spacial score (nSPS) is 10.3. The van der Waals surface area contributed by atoms with Crippen LogP contribution in [0.15, 0.2) is 52.2 Å². The molecule has 0 fully saturated rings. The van der Waals surface area contributed by atoms with Gasteiger partial charge in [-0.2, -0.15) is 4.98 Å². The van der Waals surface area contributed by atoms with Crippen molar-refractivity contribution in [2.45, 2.75) is 6.54 Å². The molecule has 0 spiro atoms. The zero-order chi connectivity index (χ0) is 16.8. The molecule has 3 rings (SSSR count). The molecule has 3 aromatic rings. The summed E-state index contributed by atoms with van der Waals surface area (Å²) >= 11 is 0. The summed E-state index contributed by atoms with van der Waals surface area (Å²) < 4.78 is 10.3. The highest BCUT2D eigenvalue weighted by molar-refractivity contribution is 5.77. The standard InChI is InChI=1S/C15H13N5O4/c21-12-6-10(3-5-17-12)15-19-14(24-20-15)8-18-13(22)9-23-11-2-1-4-16-7-11/h1-7H,8-9H2,(H,17,21)(H,18,22). The van der Waals surface area contributed by atoms with Crippen LogP contribution < -0.4 is 15.6 Å². The molecule has 24 heavy (non-hydrogen) atoms. The van der Waals surface area contributed by atoms with Gasteiger partial charge in [-0.05, 0) is 18.2 Å². The minimum Gasteiger partial charge on any atom is -0.482 e. The van der Waals surface area contributed by atoms with E-state index < -0.39 is 0 Å². The van der Waals surface area contributed by atoms with Crippen molar-refractivity contribution < 1.29 is 14.1 Å². The van der Waals surface area contributed by atoms with Gasteiger partial charge in [0.05, 0.1) is 12.7 Å². The number of carbonyl (C=O) groups is 1. The van der Waals surface area contributed by atoms with E-state index in [9.17, 15) is 9.59 Å². The number of aromatic nitrogens is 4. The summed E-state index contributed by atoms with van der Waals surface area (Å²) in [6.45, 7) is -0.0911. The number of rotatable bonds is 6. The lowest BCUT2D eigenvalue weighted by atomic mass is 10.2. The van der Waals surface area contributed by atoms with Crippen LogP contribution in [0.1, 0.15) is 5.89 Å². The van der Waals surface area contributed by atoms with Crippen LogP contribution in [0.2, 0.25) is 0 Å². The van der Waals surface area contributed by atoms with Crippen molar-refractivity contribution in [2.75, 3.05) is 6.61 Å². The first-order chi connectivity index (χ1) is 11.7. The molecule has 0 saturated carbocycles. The molecule has 1 amide bonds. The van der Waals surface area contributed by atoms with Crippen LogP contribution in [0.25, 0.3) is 11.4 Å². The van der Waals surface area contributed by atoms with Crippen molar-refractivity contribution in [3.05, 3.63) is 59.1 Å². The molecule has 0 aliphatic carbocycles. The molecular weight excluding hydrogens is 314 g/mol. The van der Waals surface area contributed by atoms with Gasteiger partial charge in [-0.3, -0.25) is 14.6 Å². The molecule has 0 radical (unpaired) electrons. The Hall–Kier alpha value is -3.49. The number of aromatic amines is 1. The van der Waals surface area contributed by atoms with Crippen LogP contribution in [-0.4, -0.2) is 32.6 Å². The Bertz CT molecular complexity index is 875. The number of hydrogen-bond donors (Lipinski definition) is 2. The average Bonchev–Trinajstić information content (AvgIpc) is 3.08. The lowest BCUT2D eigenvalue weighted by Crippen LogP contribution is -2.28. The third kappa shape index (κ3) is 4.03. The zero-order valence-electron chi connectivity index (χ0n) is 12.4. The van der Waals surface area contributed by atoms with Gasteiger partial charge in [0, 0.05) is 24.0 Å². The van der Waals surface area contributed by atoms with Crippen LogP contribution >= 0.6 is 0 Å². The maximum Gasteiger partial charge on any atom is 0.258 e. The van der Waals surface area contributed by atoms with Gasteiger partial charge in [0.2, 0.25) is 17.3 Å². The Balaban J connectivity index is 1.52.